The minimum absolute atomic E-state index is 0. The van der Waals surface area contributed by atoms with Crippen LogP contribution in [0.15, 0.2) is 48.0 Å². The van der Waals surface area contributed by atoms with E-state index in [1.165, 1.54) is 5.56 Å². The summed E-state index contributed by atoms with van der Waals surface area (Å²) in [7, 11) is 1.82. The molecule has 7 nitrogen and oxygen atoms in total. The number of nitrogens with one attached hydrogen (secondary N) is 2. The standard InChI is InChI=1S/C20H26N6O.HI/c1-21-19(25-8-3-6-20(14-25)11-18(27)24-13-20)23-12-16-4-2-5-17(10-16)26-9-7-22-15-26;/h2,4-5,7,9-10,15H,3,6,8,11-14H2,1H3,(H,21,23)(H,24,27);1H. The van der Waals surface area contributed by atoms with E-state index in [4.69, 9.17) is 0 Å². The lowest BCUT2D eigenvalue weighted by Gasteiger charge is -2.40. The van der Waals surface area contributed by atoms with Gasteiger partial charge in [-0.15, -0.1) is 24.0 Å². The molecule has 1 amide bonds. The predicted octanol–water partition coefficient (Wildman–Crippen LogP) is 2.17. The Kier molecular flexibility index (Phi) is 6.58. The number of likely N-dealkylation sites (tertiary alicyclic amines) is 1. The van der Waals surface area contributed by atoms with Crippen molar-refractivity contribution in [3.05, 3.63) is 48.5 Å². The maximum absolute atomic E-state index is 11.7. The van der Waals surface area contributed by atoms with Crippen LogP contribution < -0.4 is 10.6 Å². The third-order valence-corrected chi connectivity index (χ3v) is 5.53. The second-order valence-electron chi connectivity index (χ2n) is 7.52. The Bertz CT molecular complexity index is 837. The second kappa shape index (κ2) is 8.93. The smallest absolute Gasteiger partial charge is 0.220 e. The zero-order chi connectivity index (χ0) is 18.7. The van der Waals surface area contributed by atoms with Crippen LogP contribution in [0.25, 0.3) is 5.69 Å². The van der Waals surface area contributed by atoms with E-state index in [2.05, 4.69) is 49.8 Å². The van der Waals surface area contributed by atoms with Crippen LogP contribution in [0, 0.1) is 5.41 Å². The van der Waals surface area contributed by atoms with Gasteiger partial charge in [0.2, 0.25) is 5.91 Å². The van der Waals surface area contributed by atoms with Crippen LogP contribution in [-0.2, 0) is 11.3 Å². The third-order valence-electron chi connectivity index (χ3n) is 5.53. The van der Waals surface area contributed by atoms with Gasteiger partial charge in [-0.1, -0.05) is 12.1 Å². The summed E-state index contributed by atoms with van der Waals surface area (Å²) in [6.07, 6.45) is 8.35. The van der Waals surface area contributed by atoms with Gasteiger partial charge in [-0.05, 0) is 30.5 Å². The quantitative estimate of drug-likeness (QED) is 0.390. The first kappa shape index (κ1) is 20.6. The summed E-state index contributed by atoms with van der Waals surface area (Å²) >= 11 is 0. The molecule has 0 bridgehead atoms. The molecule has 2 saturated heterocycles. The van der Waals surface area contributed by atoms with Crippen molar-refractivity contribution in [2.75, 3.05) is 26.7 Å². The molecule has 1 unspecified atom stereocenters. The number of guanidine groups is 1. The number of aliphatic imine (C=N–C) groups is 1. The Morgan fingerprint density at radius 2 is 2.32 bits per heavy atom. The molecule has 0 saturated carbocycles. The average Bonchev–Trinajstić information content (AvgIpc) is 3.33. The molecule has 2 N–H and O–H groups in total. The zero-order valence-electron chi connectivity index (χ0n) is 16.1. The molecule has 0 radical (unpaired) electrons. The van der Waals surface area contributed by atoms with E-state index in [0.29, 0.717) is 13.0 Å². The first-order chi connectivity index (χ1) is 13.2. The Morgan fingerprint density at radius 3 is 3.04 bits per heavy atom. The molecule has 0 aliphatic carbocycles. The molecule has 2 aromatic rings. The zero-order valence-corrected chi connectivity index (χ0v) is 18.4. The summed E-state index contributed by atoms with van der Waals surface area (Å²) in [5.74, 6) is 1.08. The van der Waals surface area contributed by atoms with Crippen LogP contribution in [0.2, 0.25) is 0 Å². The highest BCUT2D eigenvalue weighted by Gasteiger charge is 2.42. The number of imidazole rings is 1. The van der Waals surface area contributed by atoms with Gasteiger partial charge < -0.3 is 20.1 Å². The van der Waals surface area contributed by atoms with Crippen LogP contribution >= 0.6 is 24.0 Å². The highest BCUT2D eigenvalue weighted by atomic mass is 127. The number of piperidine rings is 1. The monoisotopic (exact) mass is 494 g/mol. The van der Waals surface area contributed by atoms with Gasteiger partial charge in [0.1, 0.15) is 0 Å². The molecule has 4 rings (SSSR count). The summed E-state index contributed by atoms with van der Waals surface area (Å²) in [6.45, 7) is 3.34. The molecule has 2 fully saturated rings. The van der Waals surface area contributed by atoms with Crippen molar-refractivity contribution in [3.63, 3.8) is 0 Å². The summed E-state index contributed by atoms with van der Waals surface area (Å²) in [4.78, 5) is 22.6. The summed E-state index contributed by atoms with van der Waals surface area (Å²) in [6, 6.07) is 8.39. The van der Waals surface area contributed by atoms with Gasteiger partial charge in [-0.25, -0.2) is 4.98 Å². The van der Waals surface area contributed by atoms with E-state index >= 15 is 0 Å². The molecule has 1 aromatic heterocycles. The Balaban J connectivity index is 0.00000225. The lowest BCUT2D eigenvalue weighted by molar-refractivity contribution is -0.119. The number of carbonyl (C=O) groups is 1. The minimum Gasteiger partial charge on any atom is -0.355 e. The number of hydrogen-bond donors (Lipinski definition) is 2. The van der Waals surface area contributed by atoms with Gasteiger partial charge in [0.05, 0.1) is 6.33 Å². The second-order valence-corrected chi connectivity index (χ2v) is 7.52. The van der Waals surface area contributed by atoms with E-state index in [9.17, 15) is 4.79 Å². The predicted molar refractivity (Wildman–Crippen MR) is 120 cm³/mol. The Hall–Kier alpha value is -2.10. The molecule has 3 heterocycles. The maximum atomic E-state index is 11.7. The Labute approximate surface area is 182 Å². The van der Waals surface area contributed by atoms with Crippen molar-refractivity contribution in [2.45, 2.75) is 25.8 Å². The fraction of sp³-hybridized carbons (Fsp3) is 0.450. The number of benzene rings is 1. The van der Waals surface area contributed by atoms with Gasteiger partial charge in [-0.3, -0.25) is 9.79 Å². The van der Waals surface area contributed by atoms with E-state index in [-0.39, 0.29) is 35.3 Å². The van der Waals surface area contributed by atoms with Crippen LogP contribution in [0.5, 0.6) is 0 Å². The molecular weight excluding hydrogens is 467 g/mol. The summed E-state index contributed by atoms with van der Waals surface area (Å²) in [5.41, 5.74) is 2.34. The molecule has 1 aromatic carbocycles. The van der Waals surface area contributed by atoms with Gasteiger partial charge >= 0.3 is 0 Å². The van der Waals surface area contributed by atoms with Crippen LogP contribution in [0.1, 0.15) is 24.8 Å². The molecule has 2 aliphatic heterocycles. The minimum atomic E-state index is 0. The third kappa shape index (κ3) is 4.48. The van der Waals surface area contributed by atoms with Crippen molar-refractivity contribution in [1.29, 1.82) is 0 Å². The topological polar surface area (TPSA) is 74.6 Å². The Morgan fingerprint density at radius 1 is 1.43 bits per heavy atom. The van der Waals surface area contributed by atoms with Crippen LogP contribution in [0.4, 0.5) is 0 Å². The first-order valence-corrected chi connectivity index (χ1v) is 9.47. The normalized spacial score (nSPS) is 22.1. The number of amides is 1. The van der Waals surface area contributed by atoms with E-state index < -0.39 is 0 Å². The number of aromatic nitrogens is 2. The molecule has 1 atom stereocenters. The molecule has 1 spiro atoms. The van der Waals surface area contributed by atoms with Crippen molar-refractivity contribution in [2.24, 2.45) is 10.4 Å². The average molecular weight is 494 g/mol. The molecule has 8 heteroatoms. The SMILES string of the molecule is CN=C(NCc1cccc(-n2ccnc2)c1)N1CCCC2(CNC(=O)C2)C1.I. The molecule has 150 valence electrons. The number of halogens is 1. The van der Waals surface area contributed by atoms with Crippen LogP contribution in [-0.4, -0.2) is 53.0 Å². The van der Waals surface area contributed by atoms with Gasteiger partial charge in [0.25, 0.3) is 0 Å². The number of hydrogen-bond acceptors (Lipinski definition) is 3. The first-order valence-electron chi connectivity index (χ1n) is 9.47. The van der Waals surface area contributed by atoms with Crippen molar-refractivity contribution >= 4 is 35.8 Å². The van der Waals surface area contributed by atoms with E-state index in [0.717, 1.165) is 44.1 Å². The molecule has 2 aliphatic rings. The van der Waals surface area contributed by atoms with Gasteiger partial charge in [0.15, 0.2) is 5.96 Å². The fourth-order valence-electron chi connectivity index (χ4n) is 4.18. The maximum Gasteiger partial charge on any atom is 0.220 e. The van der Waals surface area contributed by atoms with Gasteiger partial charge in [-0.2, -0.15) is 0 Å². The fourth-order valence-corrected chi connectivity index (χ4v) is 4.18. The lowest BCUT2D eigenvalue weighted by atomic mass is 9.79. The van der Waals surface area contributed by atoms with Crippen LogP contribution in [0.3, 0.4) is 0 Å². The number of carbonyl (C=O) groups excluding carboxylic acids is 1. The van der Waals surface area contributed by atoms with Crippen molar-refractivity contribution in [3.8, 4) is 5.69 Å². The summed E-state index contributed by atoms with van der Waals surface area (Å²) < 4.78 is 2.00. The largest absolute Gasteiger partial charge is 0.355 e. The molecule has 28 heavy (non-hydrogen) atoms. The van der Waals surface area contributed by atoms with Crippen molar-refractivity contribution < 1.29 is 4.79 Å². The number of rotatable bonds is 3. The highest BCUT2D eigenvalue weighted by Crippen LogP contribution is 2.36. The number of nitrogens with zero attached hydrogens (tertiary/aromatic N) is 4. The summed E-state index contributed by atoms with van der Waals surface area (Å²) in [5, 5.41) is 6.49. The van der Waals surface area contributed by atoms with E-state index in [1.54, 1.807) is 12.5 Å². The van der Waals surface area contributed by atoms with Gasteiger partial charge in [0, 0.05) is 63.1 Å². The van der Waals surface area contributed by atoms with E-state index in [1.807, 2.05) is 17.8 Å². The lowest BCUT2D eigenvalue weighted by Crippen LogP contribution is -2.51. The highest BCUT2D eigenvalue weighted by molar-refractivity contribution is 14.0. The molecular formula is C20H27IN6O. The van der Waals surface area contributed by atoms with Crippen molar-refractivity contribution in [1.82, 2.24) is 25.1 Å².